The Balaban J connectivity index is 0. The van der Waals surface area contributed by atoms with E-state index in [2.05, 4.69) is 10.4 Å². The molecular formula is C16H30F2N4O3. The first-order chi connectivity index (χ1) is 11.1. The Kier molecular flexibility index (Phi) is 11.4. The summed E-state index contributed by atoms with van der Waals surface area (Å²) in [5.41, 5.74) is -1.62. The van der Waals surface area contributed by atoms with Gasteiger partial charge in [0.2, 0.25) is 0 Å². The molecule has 1 aromatic heterocycles. The number of aromatic nitrogens is 3. The minimum atomic E-state index is -1.96. The number of rotatable bonds is 5. The summed E-state index contributed by atoms with van der Waals surface area (Å²) in [5.74, 6) is 0. The summed E-state index contributed by atoms with van der Waals surface area (Å²) in [6.07, 6.45) is -1.50. The highest BCUT2D eigenvalue weighted by atomic mass is 19.3. The van der Waals surface area contributed by atoms with Crippen molar-refractivity contribution in [3.8, 4) is 0 Å². The number of nitrogens with one attached hydrogen (secondary N) is 1. The molecule has 0 saturated heterocycles. The second-order valence-corrected chi connectivity index (χ2v) is 5.58. The lowest BCUT2D eigenvalue weighted by molar-refractivity contribution is 0.0531. The lowest BCUT2D eigenvalue weighted by Gasteiger charge is -2.19. The number of ether oxygens (including phenoxy) is 1. The fourth-order valence-corrected chi connectivity index (χ4v) is 1.55. The van der Waals surface area contributed by atoms with Gasteiger partial charge in [0.25, 0.3) is 6.08 Å². The number of alkyl carbamates (subject to hydrolysis) is 1. The first-order valence-corrected chi connectivity index (χ1v) is 7.76. The van der Waals surface area contributed by atoms with Gasteiger partial charge in [-0.05, 0) is 27.7 Å². The monoisotopic (exact) mass is 364 g/mol. The zero-order chi connectivity index (χ0) is 18.9. The summed E-state index contributed by atoms with van der Waals surface area (Å²) in [6.45, 7) is 10.3. The molecule has 146 valence electrons. The second-order valence-electron chi connectivity index (χ2n) is 5.58. The number of carbonyl (C=O) groups excluding carboxylic acids is 1. The normalized spacial score (nSPS) is 10.1. The second kappa shape index (κ2) is 11.4. The van der Waals surface area contributed by atoms with Crippen LogP contribution in [0.25, 0.3) is 0 Å². The average Bonchev–Trinajstić information content (AvgIpc) is 2.83. The van der Waals surface area contributed by atoms with Crippen LogP contribution in [0.15, 0.2) is 22.8 Å². The third-order valence-electron chi connectivity index (χ3n) is 2.59. The summed E-state index contributed by atoms with van der Waals surface area (Å²) in [6, 6.07) is 0. The maximum atomic E-state index is 12.9. The van der Waals surface area contributed by atoms with Crippen molar-refractivity contribution in [1.82, 2.24) is 19.7 Å². The average molecular weight is 364 g/mol. The summed E-state index contributed by atoms with van der Waals surface area (Å²) in [4.78, 5) is 23.2. The molecule has 0 aromatic carbocycles. The van der Waals surface area contributed by atoms with Crippen molar-refractivity contribution in [3.05, 3.63) is 28.5 Å². The molecule has 0 spiro atoms. The quantitative estimate of drug-likeness (QED) is 0.868. The van der Waals surface area contributed by atoms with Gasteiger partial charge in [-0.3, -0.25) is 4.57 Å². The number of hydrogen-bond acceptors (Lipinski definition) is 4. The van der Waals surface area contributed by atoms with Gasteiger partial charge < -0.3 is 10.1 Å². The Morgan fingerprint density at radius 2 is 1.88 bits per heavy atom. The van der Waals surface area contributed by atoms with Crippen LogP contribution in [0.5, 0.6) is 0 Å². The van der Waals surface area contributed by atoms with E-state index in [0.29, 0.717) is 6.54 Å². The Labute approximate surface area is 147 Å². The first kappa shape index (κ1) is 25.1. The largest absolute Gasteiger partial charge is 0.444 e. The van der Waals surface area contributed by atoms with Crippen LogP contribution in [0.1, 0.15) is 49.0 Å². The van der Waals surface area contributed by atoms with Crippen molar-refractivity contribution < 1.29 is 18.3 Å². The van der Waals surface area contributed by atoms with E-state index in [9.17, 15) is 18.4 Å². The molecule has 0 aliphatic heterocycles. The van der Waals surface area contributed by atoms with Gasteiger partial charge >= 0.3 is 11.8 Å². The predicted molar refractivity (Wildman–Crippen MR) is 93.7 cm³/mol. The Morgan fingerprint density at radius 1 is 1.32 bits per heavy atom. The molecule has 9 heteroatoms. The van der Waals surface area contributed by atoms with E-state index in [1.165, 1.54) is 10.9 Å². The van der Waals surface area contributed by atoms with Crippen molar-refractivity contribution in [2.45, 2.75) is 67.7 Å². The molecule has 1 N–H and O–H groups in total. The molecule has 0 radical (unpaired) electrons. The van der Waals surface area contributed by atoms with E-state index >= 15 is 0 Å². The third-order valence-corrected chi connectivity index (χ3v) is 2.59. The van der Waals surface area contributed by atoms with E-state index in [1.807, 2.05) is 13.8 Å². The van der Waals surface area contributed by atoms with Gasteiger partial charge in [-0.15, -0.1) is 0 Å². The van der Waals surface area contributed by atoms with E-state index in [0.717, 1.165) is 4.68 Å². The molecule has 0 saturated carbocycles. The van der Waals surface area contributed by atoms with Crippen LogP contribution < -0.4 is 11.0 Å². The van der Waals surface area contributed by atoms with Crippen LogP contribution >= 0.6 is 0 Å². The third kappa shape index (κ3) is 9.02. The summed E-state index contributed by atoms with van der Waals surface area (Å²) >= 11 is 0. The van der Waals surface area contributed by atoms with Crippen molar-refractivity contribution >= 4 is 6.09 Å². The van der Waals surface area contributed by atoms with Gasteiger partial charge in [0.05, 0.1) is 6.54 Å². The molecule has 1 aromatic rings. The Bertz CT molecular complexity index is 612. The van der Waals surface area contributed by atoms with Crippen LogP contribution in [0, 0.1) is 0 Å². The standard InChI is InChI=1S/C13H20F2N4O3.C2H6.CH4/c1-5-18-8-17-19(12(18)21)7-9(10(14)15)6-16-11(20)22-13(2,3)4;1-2;/h8H,5-7H2,1-4H3,(H,16,20);1-2H3;1H4. The van der Waals surface area contributed by atoms with Crippen LogP contribution in [0.3, 0.4) is 0 Å². The smallest absolute Gasteiger partial charge is 0.407 e. The minimum absolute atomic E-state index is 0. The first-order valence-electron chi connectivity index (χ1n) is 7.76. The highest BCUT2D eigenvalue weighted by molar-refractivity contribution is 5.68. The molecule has 0 fully saturated rings. The van der Waals surface area contributed by atoms with Gasteiger partial charge in [-0.25, -0.2) is 14.3 Å². The van der Waals surface area contributed by atoms with Gasteiger partial charge in [0, 0.05) is 18.7 Å². The van der Waals surface area contributed by atoms with Crippen LogP contribution in [-0.4, -0.2) is 32.6 Å². The molecule has 1 rings (SSSR count). The number of amides is 1. The van der Waals surface area contributed by atoms with Gasteiger partial charge in [0.15, 0.2) is 0 Å². The Morgan fingerprint density at radius 3 is 2.28 bits per heavy atom. The van der Waals surface area contributed by atoms with Crippen molar-refractivity contribution in [1.29, 1.82) is 0 Å². The molecule has 0 atom stereocenters. The van der Waals surface area contributed by atoms with E-state index in [1.54, 1.807) is 27.7 Å². The molecule has 25 heavy (non-hydrogen) atoms. The fourth-order valence-electron chi connectivity index (χ4n) is 1.55. The molecule has 0 bridgehead atoms. The maximum Gasteiger partial charge on any atom is 0.407 e. The molecule has 7 nitrogen and oxygen atoms in total. The molecule has 0 unspecified atom stereocenters. The molecule has 0 aliphatic rings. The summed E-state index contributed by atoms with van der Waals surface area (Å²) in [7, 11) is 0. The lowest BCUT2D eigenvalue weighted by atomic mass is 10.2. The zero-order valence-corrected chi connectivity index (χ0v) is 15.0. The van der Waals surface area contributed by atoms with Crippen molar-refractivity contribution in [3.63, 3.8) is 0 Å². The zero-order valence-electron chi connectivity index (χ0n) is 15.0. The van der Waals surface area contributed by atoms with Crippen molar-refractivity contribution in [2.24, 2.45) is 0 Å². The summed E-state index contributed by atoms with van der Waals surface area (Å²) in [5, 5.41) is 5.98. The van der Waals surface area contributed by atoms with Crippen LogP contribution in [0.2, 0.25) is 0 Å². The number of halogens is 2. The Hall–Kier alpha value is -2.19. The fraction of sp³-hybridized carbons (Fsp3) is 0.688. The molecular weight excluding hydrogens is 334 g/mol. The maximum absolute atomic E-state index is 12.9. The van der Waals surface area contributed by atoms with Crippen LogP contribution in [0.4, 0.5) is 13.6 Å². The summed E-state index contributed by atoms with van der Waals surface area (Å²) < 4.78 is 33.0. The molecule has 1 amide bonds. The van der Waals surface area contributed by atoms with E-state index < -0.39 is 42.1 Å². The van der Waals surface area contributed by atoms with E-state index in [-0.39, 0.29) is 7.43 Å². The van der Waals surface area contributed by atoms with E-state index in [4.69, 9.17) is 4.74 Å². The number of carbonyl (C=O) groups is 1. The molecule has 1 heterocycles. The predicted octanol–water partition coefficient (Wildman–Crippen LogP) is 3.40. The minimum Gasteiger partial charge on any atom is -0.444 e. The van der Waals surface area contributed by atoms with Gasteiger partial charge in [-0.2, -0.15) is 13.9 Å². The van der Waals surface area contributed by atoms with Gasteiger partial charge in [0.1, 0.15) is 11.9 Å². The topological polar surface area (TPSA) is 78.2 Å². The lowest BCUT2D eigenvalue weighted by Crippen LogP contribution is -2.35. The SMILES string of the molecule is C.CC.CCn1cnn(CC(CNC(=O)OC(C)(C)C)=C(F)F)c1=O. The number of nitrogens with zero attached hydrogens (tertiary/aromatic N) is 3. The highest BCUT2D eigenvalue weighted by Gasteiger charge is 2.18. The van der Waals surface area contributed by atoms with Crippen LogP contribution in [-0.2, 0) is 17.8 Å². The molecule has 0 aliphatic carbocycles. The number of aryl methyl sites for hydroxylation is 1. The number of hydrogen-bond donors (Lipinski definition) is 1. The highest BCUT2D eigenvalue weighted by Crippen LogP contribution is 2.10. The van der Waals surface area contributed by atoms with Crippen molar-refractivity contribution in [2.75, 3.05) is 6.54 Å². The van der Waals surface area contributed by atoms with Gasteiger partial charge in [-0.1, -0.05) is 21.3 Å².